The van der Waals surface area contributed by atoms with Crippen molar-refractivity contribution in [2.24, 2.45) is 0 Å². The number of carbonyl (C=O) groups is 1. The number of hydrogen-bond donors (Lipinski definition) is 1. The predicted octanol–water partition coefficient (Wildman–Crippen LogP) is 3.91. The third-order valence-electron chi connectivity index (χ3n) is 3.70. The first-order chi connectivity index (χ1) is 11.6. The van der Waals surface area contributed by atoms with Gasteiger partial charge in [-0.2, -0.15) is 0 Å². The summed E-state index contributed by atoms with van der Waals surface area (Å²) in [6.07, 6.45) is 0. The molecule has 1 atom stereocenters. The third-order valence-corrected chi connectivity index (χ3v) is 4.69. The first kappa shape index (κ1) is 16.5. The second-order valence-corrected chi connectivity index (χ2v) is 6.55. The van der Waals surface area contributed by atoms with Gasteiger partial charge in [0, 0.05) is 5.39 Å². The number of nitrogens with one attached hydrogen (secondary N) is 1. The number of thioether (sulfide) groups is 1. The molecule has 4 nitrogen and oxygen atoms in total. The van der Waals surface area contributed by atoms with Crippen molar-refractivity contribution in [1.29, 1.82) is 0 Å². The number of nitrogens with zero attached hydrogens (tertiary/aromatic N) is 2. The molecule has 0 radical (unpaired) electrons. The molecule has 0 aliphatic carbocycles. The van der Waals surface area contributed by atoms with Crippen LogP contribution in [0.5, 0.6) is 0 Å². The van der Waals surface area contributed by atoms with E-state index in [-0.39, 0.29) is 11.9 Å². The van der Waals surface area contributed by atoms with Gasteiger partial charge in [0.25, 0.3) is 0 Å². The zero-order chi connectivity index (χ0) is 16.9. The molecular formula is C19H19N3OS. The van der Waals surface area contributed by atoms with E-state index in [4.69, 9.17) is 0 Å². The first-order valence-corrected chi connectivity index (χ1v) is 8.82. The van der Waals surface area contributed by atoms with E-state index in [2.05, 4.69) is 15.3 Å². The minimum atomic E-state index is -0.0109. The summed E-state index contributed by atoms with van der Waals surface area (Å²) < 4.78 is 0. The van der Waals surface area contributed by atoms with Crippen molar-refractivity contribution in [3.05, 3.63) is 66.0 Å². The van der Waals surface area contributed by atoms with Gasteiger partial charge in [-0.25, -0.2) is 9.97 Å². The highest BCUT2D eigenvalue weighted by atomic mass is 32.2. The summed E-state index contributed by atoms with van der Waals surface area (Å²) in [6.45, 7) is 3.86. The number of rotatable bonds is 5. The lowest BCUT2D eigenvalue weighted by Crippen LogP contribution is -2.28. The zero-order valence-electron chi connectivity index (χ0n) is 13.7. The molecule has 0 saturated carbocycles. The second kappa shape index (κ2) is 7.45. The lowest BCUT2D eigenvalue weighted by molar-refractivity contribution is -0.119. The van der Waals surface area contributed by atoms with Crippen LogP contribution in [0.25, 0.3) is 10.9 Å². The van der Waals surface area contributed by atoms with Crippen molar-refractivity contribution in [2.75, 3.05) is 5.75 Å². The average molecular weight is 337 g/mol. The first-order valence-electron chi connectivity index (χ1n) is 7.84. The van der Waals surface area contributed by atoms with Gasteiger partial charge in [0.15, 0.2) is 0 Å². The number of amides is 1. The normalized spacial score (nSPS) is 12.1. The highest BCUT2D eigenvalue weighted by Crippen LogP contribution is 2.25. The molecule has 24 heavy (non-hydrogen) atoms. The summed E-state index contributed by atoms with van der Waals surface area (Å²) in [5.41, 5.74) is 2.00. The summed E-state index contributed by atoms with van der Waals surface area (Å²) in [4.78, 5) is 21.2. The molecule has 1 N–H and O–H groups in total. The van der Waals surface area contributed by atoms with Crippen LogP contribution in [0.3, 0.4) is 0 Å². The van der Waals surface area contributed by atoms with Crippen LogP contribution in [0.1, 0.15) is 24.4 Å². The molecule has 1 amide bonds. The SMILES string of the molecule is Cc1nc(SCC(=O)N[C@@H](C)c2ccccc2)c2ccccc2n1. The number of para-hydroxylation sites is 1. The predicted molar refractivity (Wildman–Crippen MR) is 98.0 cm³/mol. The highest BCUT2D eigenvalue weighted by molar-refractivity contribution is 8.00. The molecule has 0 saturated heterocycles. The lowest BCUT2D eigenvalue weighted by Gasteiger charge is -2.14. The maximum Gasteiger partial charge on any atom is 0.230 e. The van der Waals surface area contributed by atoms with Crippen LogP contribution in [0.2, 0.25) is 0 Å². The minimum absolute atomic E-state index is 0.00306. The maximum absolute atomic E-state index is 12.2. The molecule has 5 heteroatoms. The van der Waals surface area contributed by atoms with Crippen LogP contribution in [0.4, 0.5) is 0 Å². The summed E-state index contributed by atoms with van der Waals surface area (Å²) in [5, 5.41) is 4.86. The standard InChI is InChI=1S/C19H19N3OS/c1-13(15-8-4-3-5-9-15)20-18(23)12-24-19-16-10-6-7-11-17(16)21-14(2)22-19/h3-11,13H,12H2,1-2H3,(H,20,23)/t13-/m0/s1. The second-order valence-electron chi connectivity index (χ2n) is 5.58. The van der Waals surface area contributed by atoms with Gasteiger partial charge in [-0.3, -0.25) is 4.79 Å². The Balaban J connectivity index is 1.66. The Morgan fingerprint density at radius 2 is 1.79 bits per heavy atom. The number of carbonyl (C=O) groups excluding carboxylic acids is 1. The van der Waals surface area contributed by atoms with Crippen molar-refractivity contribution in [3.63, 3.8) is 0 Å². The Labute approximate surface area is 145 Å². The Bertz CT molecular complexity index is 852. The van der Waals surface area contributed by atoms with E-state index in [1.54, 1.807) is 0 Å². The number of hydrogen-bond acceptors (Lipinski definition) is 4. The number of fused-ring (bicyclic) bond motifs is 1. The molecule has 0 bridgehead atoms. The molecular weight excluding hydrogens is 318 g/mol. The van der Waals surface area contributed by atoms with E-state index in [9.17, 15) is 4.79 Å². The summed E-state index contributed by atoms with van der Waals surface area (Å²) in [7, 11) is 0. The quantitative estimate of drug-likeness (QED) is 0.566. The molecule has 0 aliphatic rings. The Morgan fingerprint density at radius 1 is 1.08 bits per heavy atom. The summed E-state index contributed by atoms with van der Waals surface area (Å²) in [5.74, 6) is 1.04. The van der Waals surface area contributed by atoms with E-state index >= 15 is 0 Å². The molecule has 1 aromatic heterocycles. The number of aromatic nitrogens is 2. The maximum atomic E-state index is 12.2. The highest BCUT2D eigenvalue weighted by Gasteiger charge is 2.12. The molecule has 3 aromatic rings. The van der Waals surface area contributed by atoms with Crippen molar-refractivity contribution in [3.8, 4) is 0 Å². The van der Waals surface area contributed by atoms with Crippen LogP contribution < -0.4 is 5.32 Å². The van der Waals surface area contributed by atoms with Gasteiger partial charge < -0.3 is 5.32 Å². The van der Waals surface area contributed by atoms with Crippen molar-refractivity contribution < 1.29 is 4.79 Å². The van der Waals surface area contributed by atoms with Crippen LogP contribution in [0, 0.1) is 6.92 Å². The van der Waals surface area contributed by atoms with Crippen molar-refractivity contribution in [1.82, 2.24) is 15.3 Å². The smallest absolute Gasteiger partial charge is 0.230 e. The van der Waals surface area contributed by atoms with E-state index in [1.165, 1.54) is 11.8 Å². The van der Waals surface area contributed by atoms with Gasteiger partial charge in [0.2, 0.25) is 5.91 Å². The van der Waals surface area contributed by atoms with Crippen LogP contribution in [-0.4, -0.2) is 21.6 Å². The molecule has 0 spiro atoms. The average Bonchev–Trinajstić information content (AvgIpc) is 2.60. The lowest BCUT2D eigenvalue weighted by atomic mass is 10.1. The summed E-state index contributed by atoms with van der Waals surface area (Å²) >= 11 is 1.45. The molecule has 3 rings (SSSR count). The molecule has 122 valence electrons. The molecule has 0 aliphatic heterocycles. The monoisotopic (exact) mass is 337 g/mol. The van der Waals surface area contributed by atoms with Crippen LogP contribution in [-0.2, 0) is 4.79 Å². The Hall–Kier alpha value is -2.40. The van der Waals surface area contributed by atoms with Crippen molar-refractivity contribution in [2.45, 2.75) is 24.9 Å². The van der Waals surface area contributed by atoms with E-state index < -0.39 is 0 Å². The fourth-order valence-corrected chi connectivity index (χ4v) is 3.39. The van der Waals surface area contributed by atoms with Gasteiger partial charge in [0.05, 0.1) is 17.3 Å². The van der Waals surface area contributed by atoms with Gasteiger partial charge in [0.1, 0.15) is 10.9 Å². The van der Waals surface area contributed by atoms with E-state index in [1.807, 2.05) is 68.4 Å². The number of aryl methyl sites for hydroxylation is 1. The van der Waals surface area contributed by atoms with Crippen LogP contribution >= 0.6 is 11.8 Å². The Kier molecular flexibility index (Phi) is 5.11. The molecule has 2 aromatic carbocycles. The fraction of sp³-hybridized carbons (Fsp3) is 0.211. The van der Waals surface area contributed by atoms with Gasteiger partial charge >= 0.3 is 0 Å². The van der Waals surface area contributed by atoms with Gasteiger partial charge in [-0.05, 0) is 25.5 Å². The van der Waals surface area contributed by atoms with Crippen molar-refractivity contribution >= 4 is 28.6 Å². The van der Waals surface area contributed by atoms with Gasteiger partial charge in [-0.1, -0.05) is 60.3 Å². The van der Waals surface area contributed by atoms with E-state index in [0.717, 1.165) is 21.5 Å². The topological polar surface area (TPSA) is 54.9 Å². The van der Waals surface area contributed by atoms with E-state index in [0.29, 0.717) is 11.6 Å². The fourth-order valence-electron chi connectivity index (χ4n) is 2.51. The minimum Gasteiger partial charge on any atom is -0.349 e. The third kappa shape index (κ3) is 3.92. The molecule has 1 heterocycles. The molecule has 0 fully saturated rings. The van der Waals surface area contributed by atoms with Crippen LogP contribution in [0.15, 0.2) is 59.6 Å². The van der Waals surface area contributed by atoms with Gasteiger partial charge in [-0.15, -0.1) is 0 Å². The number of benzene rings is 2. The summed E-state index contributed by atoms with van der Waals surface area (Å²) in [6, 6.07) is 17.8. The Morgan fingerprint density at radius 3 is 2.58 bits per heavy atom. The largest absolute Gasteiger partial charge is 0.349 e. The zero-order valence-corrected chi connectivity index (χ0v) is 14.5. The molecule has 0 unspecified atom stereocenters.